The number of hydrogen-bond acceptors (Lipinski definition) is 4. The normalized spacial score (nSPS) is 19.2. The Kier molecular flexibility index (Phi) is 4.04. The Morgan fingerprint density at radius 1 is 1.17 bits per heavy atom. The fourth-order valence-corrected chi connectivity index (χ4v) is 2.61. The van der Waals surface area contributed by atoms with E-state index in [4.69, 9.17) is 4.74 Å². The quantitative estimate of drug-likeness (QED) is 0.516. The molecule has 122 valence electrons. The van der Waals surface area contributed by atoms with Gasteiger partial charge in [-0.25, -0.2) is 4.39 Å². The number of benzene rings is 2. The van der Waals surface area contributed by atoms with Gasteiger partial charge in [-0.1, -0.05) is 12.1 Å². The molecule has 0 spiro atoms. The first kappa shape index (κ1) is 15.7. The van der Waals surface area contributed by atoms with Crippen LogP contribution in [0, 0.1) is 5.82 Å². The molecule has 1 unspecified atom stereocenters. The molecular formula is C18H14FNO4. The molecule has 3 rings (SSSR count). The summed E-state index contributed by atoms with van der Waals surface area (Å²) < 4.78 is 18.5. The topological polar surface area (TPSA) is 75.6 Å². The number of ether oxygens (including phenoxy) is 1. The molecule has 0 radical (unpaired) electrons. The van der Waals surface area contributed by atoms with Crippen LogP contribution in [0.5, 0.6) is 5.75 Å². The number of nitrogens with one attached hydrogen (secondary N) is 1. The molecule has 1 aliphatic heterocycles. The zero-order valence-corrected chi connectivity index (χ0v) is 12.7. The second-order valence-corrected chi connectivity index (χ2v) is 5.28. The molecule has 2 aromatic carbocycles. The summed E-state index contributed by atoms with van der Waals surface area (Å²) in [5.41, 5.74) is 0.636. The summed E-state index contributed by atoms with van der Waals surface area (Å²) in [7, 11) is 1.51. The molecule has 0 bridgehead atoms. The van der Waals surface area contributed by atoms with Gasteiger partial charge in [-0.05, 0) is 42.0 Å². The van der Waals surface area contributed by atoms with Gasteiger partial charge in [0.1, 0.15) is 17.3 Å². The average molecular weight is 327 g/mol. The number of carbonyl (C=O) groups excluding carboxylic acids is 2. The monoisotopic (exact) mass is 327 g/mol. The van der Waals surface area contributed by atoms with Gasteiger partial charge < -0.3 is 15.2 Å². The van der Waals surface area contributed by atoms with Gasteiger partial charge in [0.25, 0.3) is 11.7 Å². The van der Waals surface area contributed by atoms with Gasteiger partial charge >= 0.3 is 0 Å². The first-order valence-electron chi connectivity index (χ1n) is 7.19. The van der Waals surface area contributed by atoms with Gasteiger partial charge in [0, 0.05) is 5.56 Å². The Labute approximate surface area is 137 Å². The lowest BCUT2D eigenvalue weighted by Gasteiger charge is -2.14. The predicted molar refractivity (Wildman–Crippen MR) is 84.8 cm³/mol. The lowest BCUT2D eigenvalue weighted by molar-refractivity contribution is -0.133. The molecule has 1 aliphatic rings. The van der Waals surface area contributed by atoms with Crippen molar-refractivity contribution in [2.45, 2.75) is 6.04 Å². The van der Waals surface area contributed by atoms with Crippen molar-refractivity contribution in [2.75, 3.05) is 7.11 Å². The molecule has 6 heteroatoms. The maximum absolute atomic E-state index is 13.5. The number of amides is 1. The van der Waals surface area contributed by atoms with Crippen LogP contribution in [0.4, 0.5) is 4.39 Å². The number of methoxy groups -OCH3 is 1. The molecule has 1 fully saturated rings. The fraction of sp³-hybridized carbons (Fsp3) is 0.111. The number of rotatable bonds is 3. The van der Waals surface area contributed by atoms with Crippen molar-refractivity contribution in [1.82, 2.24) is 5.32 Å². The van der Waals surface area contributed by atoms with E-state index in [1.807, 2.05) is 0 Å². The lowest BCUT2D eigenvalue weighted by Crippen LogP contribution is -2.21. The molecule has 0 aromatic heterocycles. The number of carbonyl (C=O) groups is 2. The summed E-state index contributed by atoms with van der Waals surface area (Å²) in [4.78, 5) is 23.9. The smallest absolute Gasteiger partial charge is 0.293 e. The van der Waals surface area contributed by atoms with E-state index in [1.165, 1.54) is 25.3 Å². The van der Waals surface area contributed by atoms with E-state index in [-0.39, 0.29) is 11.3 Å². The van der Waals surface area contributed by atoms with Crippen LogP contribution >= 0.6 is 0 Å². The number of aliphatic hydroxyl groups excluding tert-OH is 1. The lowest BCUT2D eigenvalue weighted by atomic mass is 9.96. The molecule has 24 heavy (non-hydrogen) atoms. The summed E-state index contributed by atoms with van der Waals surface area (Å²) in [6.07, 6.45) is 0. The van der Waals surface area contributed by atoms with E-state index in [9.17, 15) is 19.1 Å². The van der Waals surface area contributed by atoms with Crippen molar-refractivity contribution in [1.29, 1.82) is 0 Å². The summed E-state index contributed by atoms with van der Waals surface area (Å²) >= 11 is 0. The molecule has 2 N–H and O–H groups in total. The SMILES string of the molecule is COc1ccc(/C(O)=C2/C(=O)C(=O)NC2c2cccc(F)c2)cc1. The molecular weight excluding hydrogens is 313 g/mol. The molecule has 1 heterocycles. The van der Waals surface area contributed by atoms with Crippen LogP contribution in [-0.4, -0.2) is 23.9 Å². The molecule has 0 aliphatic carbocycles. The average Bonchev–Trinajstić information content (AvgIpc) is 2.89. The van der Waals surface area contributed by atoms with Gasteiger partial charge in [0.05, 0.1) is 18.7 Å². The Hall–Kier alpha value is -3.15. The summed E-state index contributed by atoms with van der Waals surface area (Å²) in [5.74, 6) is -1.90. The van der Waals surface area contributed by atoms with Crippen LogP contribution < -0.4 is 10.1 Å². The van der Waals surface area contributed by atoms with Gasteiger partial charge in [-0.15, -0.1) is 0 Å². The number of hydrogen-bond donors (Lipinski definition) is 2. The van der Waals surface area contributed by atoms with E-state index in [2.05, 4.69) is 5.32 Å². The number of ketones is 1. The third-order valence-corrected chi connectivity index (χ3v) is 3.82. The molecule has 1 atom stereocenters. The van der Waals surface area contributed by atoms with Gasteiger partial charge in [0.15, 0.2) is 0 Å². The summed E-state index contributed by atoms with van der Waals surface area (Å²) in [5, 5.41) is 13.0. The van der Waals surface area contributed by atoms with Crippen molar-refractivity contribution in [3.63, 3.8) is 0 Å². The van der Waals surface area contributed by atoms with E-state index in [0.29, 0.717) is 16.9 Å². The molecule has 1 saturated heterocycles. The third kappa shape index (κ3) is 2.74. The Balaban J connectivity index is 2.09. The van der Waals surface area contributed by atoms with Crippen LogP contribution in [0.25, 0.3) is 5.76 Å². The maximum Gasteiger partial charge on any atom is 0.293 e. The minimum atomic E-state index is -0.900. The molecule has 0 saturated carbocycles. The minimum Gasteiger partial charge on any atom is -0.507 e. The zero-order chi connectivity index (χ0) is 17.3. The second kappa shape index (κ2) is 6.16. The fourth-order valence-electron chi connectivity index (χ4n) is 2.61. The van der Waals surface area contributed by atoms with Crippen molar-refractivity contribution in [3.05, 3.63) is 71.0 Å². The Morgan fingerprint density at radius 3 is 2.50 bits per heavy atom. The summed E-state index contributed by atoms with van der Waals surface area (Å²) in [6, 6.07) is 11.0. The van der Waals surface area contributed by atoms with Crippen LogP contribution in [0.2, 0.25) is 0 Å². The highest BCUT2D eigenvalue weighted by molar-refractivity contribution is 6.46. The second-order valence-electron chi connectivity index (χ2n) is 5.28. The summed E-state index contributed by atoms with van der Waals surface area (Å²) in [6.45, 7) is 0. The van der Waals surface area contributed by atoms with Gasteiger partial charge in [0.2, 0.25) is 0 Å². The first-order valence-corrected chi connectivity index (χ1v) is 7.19. The van der Waals surface area contributed by atoms with Crippen molar-refractivity contribution < 1.29 is 23.8 Å². The number of Topliss-reactive ketones (excluding diaryl/α,β-unsaturated/α-hetero) is 1. The van der Waals surface area contributed by atoms with Crippen LogP contribution in [0.15, 0.2) is 54.1 Å². The Morgan fingerprint density at radius 2 is 1.88 bits per heavy atom. The predicted octanol–water partition coefficient (Wildman–Crippen LogP) is 2.54. The highest BCUT2D eigenvalue weighted by atomic mass is 19.1. The highest BCUT2D eigenvalue weighted by Crippen LogP contribution is 2.33. The Bertz CT molecular complexity index is 842. The minimum absolute atomic E-state index is 0.101. The van der Waals surface area contributed by atoms with Crippen LogP contribution in [0.3, 0.4) is 0 Å². The largest absolute Gasteiger partial charge is 0.507 e. The van der Waals surface area contributed by atoms with Crippen LogP contribution in [0.1, 0.15) is 17.2 Å². The van der Waals surface area contributed by atoms with Crippen molar-refractivity contribution in [3.8, 4) is 5.75 Å². The third-order valence-electron chi connectivity index (χ3n) is 3.82. The molecule has 2 aromatic rings. The van der Waals surface area contributed by atoms with E-state index in [1.54, 1.807) is 30.3 Å². The first-order chi connectivity index (χ1) is 11.5. The zero-order valence-electron chi connectivity index (χ0n) is 12.7. The maximum atomic E-state index is 13.5. The standard InChI is InChI=1S/C18H14FNO4/c1-24-13-7-5-10(6-8-13)16(21)14-15(20-18(23)17(14)22)11-3-2-4-12(19)9-11/h2-9,15,21H,1H3,(H,20,23)/b16-14-. The van der Waals surface area contributed by atoms with E-state index < -0.39 is 23.5 Å². The van der Waals surface area contributed by atoms with E-state index >= 15 is 0 Å². The highest BCUT2D eigenvalue weighted by Gasteiger charge is 2.39. The number of aliphatic hydroxyl groups is 1. The van der Waals surface area contributed by atoms with Crippen LogP contribution in [-0.2, 0) is 9.59 Å². The number of halogens is 1. The van der Waals surface area contributed by atoms with Crippen molar-refractivity contribution >= 4 is 17.4 Å². The van der Waals surface area contributed by atoms with Gasteiger partial charge in [-0.2, -0.15) is 0 Å². The molecule has 1 amide bonds. The molecule has 5 nitrogen and oxygen atoms in total. The van der Waals surface area contributed by atoms with Gasteiger partial charge in [-0.3, -0.25) is 9.59 Å². The van der Waals surface area contributed by atoms with E-state index in [0.717, 1.165) is 0 Å². The van der Waals surface area contributed by atoms with Crippen molar-refractivity contribution in [2.24, 2.45) is 0 Å².